The average molecular weight is 476 g/mol. The lowest BCUT2D eigenvalue weighted by Crippen LogP contribution is -2.30. The monoisotopic (exact) mass is 475 g/mol. The summed E-state index contributed by atoms with van der Waals surface area (Å²) in [5.74, 6) is -1.21. The number of para-hydroxylation sites is 1. The zero-order valence-electron chi connectivity index (χ0n) is 18.9. The van der Waals surface area contributed by atoms with Crippen LogP contribution < -0.4 is 15.5 Å². The fourth-order valence-electron chi connectivity index (χ4n) is 4.09. The van der Waals surface area contributed by atoms with Gasteiger partial charge < -0.3 is 15.5 Å². The Morgan fingerprint density at radius 2 is 1.74 bits per heavy atom. The van der Waals surface area contributed by atoms with Crippen LogP contribution >= 0.6 is 11.6 Å². The number of nitrogens with zero attached hydrogens (tertiary/aromatic N) is 1. The van der Waals surface area contributed by atoms with Gasteiger partial charge in [0.05, 0.1) is 17.2 Å². The van der Waals surface area contributed by atoms with Crippen molar-refractivity contribution in [2.24, 2.45) is 5.92 Å². The maximum Gasteiger partial charge on any atom is 0.253 e. The number of hydrogen-bond donors (Lipinski definition) is 2. The van der Waals surface area contributed by atoms with Crippen LogP contribution in [0.25, 0.3) is 0 Å². The van der Waals surface area contributed by atoms with Crippen LogP contribution in [0.5, 0.6) is 0 Å². The molecule has 1 aliphatic heterocycles. The summed E-state index contributed by atoms with van der Waals surface area (Å²) in [5.41, 5.74) is 3.46. The zero-order chi connectivity index (χ0) is 24.1. The Labute approximate surface area is 203 Å². The summed E-state index contributed by atoms with van der Waals surface area (Å²) in [6.07, 6.45) is 0.813. The lowest BCUT2D eigenvalue weighted by Gasteiger charge is -2.20. The van der Waals surface area contributed by atoms with Crippen molar-refractivity contribution in [3.8, 4) is 0 Å². The first kappa shape index (κ1) is 23.5. The Balaban J connectivity index is 1.40. The maximum atomic E-state index is 13.0. The molecule has 174 valence electrons. The van der Waals surface area contributed by atoms with Gasteiger partial charge >= 0.3 is 0 Å². The van der Waals surface area contributed by atoms with Crippen molar-refractivity contribution in [2.45, 2.75) is 19.8 Å². The Morgan fingerprint density at radius 1 is 1.00 bits per heavy atom. The van der Waals surface area contributed by atoms with Gasteiger partial charge in [-0.25, -0.2) is 0 Å². The van der Waals surface area contributed by atoms with Gasteiger partial charge in [-0.3, -0.25) is 14.4 Å². The Kier molecular flexibility index (Phi) is 7.28. The summed E-state index contributed by atoms with van der Waals surface area (Å²) in [4.78, 5) is 40.1. The van der Waals surface area contributed by atoms with Crippen LogP contribution in [-0.2, 0) is 16.0 Å². The molecule has 0 bridgehead atoms. The molecule has 1 saturated heterocycles. The van der Waals surface area contributed by atoms with E-state index in [-0.39, 0.29) is 30.7 Å². The number of carbonyl (C=O) groups excluding carboxylic acids is 3. The summed E-state index contributed by atoms with van der Waals surface area (Å²) < 4.78 is 0. The number of carbonyl (C=O) groups is 3. The highest BCUT2D eigenvalue weighted by molar-refractivity contribution is 6.31. The largest absolute Gasteiger partial charge is 0.352 e. The van der Waals surface area contributed by atoms with Gasteiger partial charge in [-0.2, -0.15) is 0 Å². The van der Waals surface area contributed by atoms with Crippen LogP contribution in [0.2, 0.25) is 5.02 Å². The fourth-order valence-corrected chi connectivity index (χ4v) is 4.26. The molecule has 4 rings (SSSR count). The molecular weight excluding hydrogens is 450 g/mol. The Hall–Kier alpha value is -3.64. The van der Waals surface area contributed by atoms with Gasteiger partial charge in [0.1, 0.15) is 0 Å². The standard InChI is InChI=1S/C27H26ClN3O3/c1-18-22(28)11-7-13-24(18)31-17-20(16-25(31)32)26(33)30-23-12-6-5-10-21(23)27(34)29-15-14-19-8-3-2-4-9-19/h2-13,20H,14-17H2,1H3,(H,29,34)(H,30,33)/t20-/m0/s1. The predicted octanol–water partition coefficient (Wildman–Crippen LogP) is 4.61. The van der Waals surface area contributed by atoms with E-state index >= 15 is 0 Å². The van der Waals surface area contributed by atoms with Gasteiger partial charge in [0.25, 0.3) is 5.91 Å². The SMILES string of the molecule is Cc1c(Cl)cccc1N1C[C@@H](C(=O)Nc2ccccc2C(=O)NCCc2ccccc2)CC1=O. The number of rotatable bonds is 7. The molecule has 7 heteroatoms. The summed E-state index contributed by atoms with van der Waals surface area (Å²) in [5, 5.41) is 6.34. The molecule has 2 N–H and O–H groups in total. The van der Waals surface area contributed by atoms with E-state index in [0.29, 0.717) is 34.9 Å². The van der Waals surface area contributed by atoms with Crippen molar-refractivity contribution >= 4 is 40.7 Å². The van der Waals surface area contributed by atoms with Gasteiger partial charge in [0.2, 0.25) is 11.8 Å². The van der Waals surface area contributed by atoms with E-state index < -0.39 is 5.92 Å². The molecule has 3 aromatic rings. The second kappa shape index (κ2) is 10.5. The molecule has 1 fully saturated rings. The molecule has 3 amide bonds. The Morgan fingerprint density at radius 3 is 2.53 bits per heavy atom. The number of anilines is 2. The van der Waals surface area contributed by atoms with E-state index in [9.17, 15) is 14.4 Å². The average Bonchev–Trinajstić information content (AvgIpc) is 3.23. The lowest BCUT2D eigenvalue weighted by molar-refractivity contribution is -0.122. The first-order valence-corrected chi connectivity index (χ1v) is 11.6. The number of nitrogens with one attached hydrogen (secondary N) is 2. The highest BCUT2D eigenvalue weighted by Gasteiger charge is 2.36. The number of hydrogen-bond acceptors (Lipinski definition) is 3. The van der Waals surface area contributed by atoms with Crippen molar-refractivity contribution < 1.29 is 14.4 Å². The van der Waals surface area contributed by atoms with Crippen LogP contribution in [0.15, 0.2) is 72.8 Å². The van der Waals surface area contributed by atoms with Gasteiger partial charge in [-0.1, -0.05) is 60.1 Å². The van der Waals surface area contributed by atoms with Gasteiger partial charge in [-0.05, 0) is 48.7 Å². The molecule has 1 heterocycles. The van der Waals surface area contributed by atoms with E-state index in [1.165, 1.54) is 0 Å². The second-order valence-electron chi connectivity index (χ2n) is 8.32. The van der Waals surface area contributed by atoms with Gasteiger partial charge in [0.15, 0.2) is 0 Å². The van der Waals surface area contributed by atoms with E-state index in [1.54, 1.807) is 41.3 Å². The molecule has 0 radical (unpaired) electrons. The molecular formula is C27H26ClN3O3. The molecule has 6 nitrogen and oxygen atoms in total. The van der Waals surface area contributed by atoms with Crippen molar-refractivity contribution in [3.05, 3.63) is 94.5 Å². The third-order valence-corrected chi connectivity index (χ3v) is 6.41. The minimum absolute atomic E-state index is 0.100. The third kappa shape index (κ3) is 5.29. The van der Waals surface area contributed by atoms with Crippen molar-refractivity contribution in [3.63, 3.8) is 0 Å². The molecule has 34 heavy (non-hydrogen) atoms. The second-order valence-corrected chi connectivity index (χ2v) is 8.72. The van der Waals surface area contributed by atoms with Crippen molar-refractivity contribution in [1.82, 2.24) is 5.32 Å². The van der Waals surface area contributed by atoms with E-state index in [1.807, 2.05) is 43.3 Å². The van der Waals surface area contributed by atoms with E-state index in [4.69, 9.17) is 11.6 Å². The first-order chi connectivity index (χ1) is 16.4. The van der Waals surface area contributed by atoms with Crippen LogP contribution in [-0.4, -0.2) is 30.8 Å². The fraction of sp³-hybridized carbons (Fsp3) is 0.222. The molecule has 0 aliphatic carbocycles. The normalized spacial score (nSPS) is 15.3. The summed E-state index contributed by atoms with van der Waals surface area (Å²) in [6.45, 7) is 2.60. The van der Waals surface area contributed by atoms with Gasteiger partial charge in [0, 0.05) is 30.2 Å². The first-order valence-electron chi connectivity index (χ1n) is 11.2. The molecule has 1 aliphatic rings. The lowest BCUT2D eigenvalue weighted by atomic mass is 10.1. The van der Waals surface area contributed by atoms with Crippen molar-refractivity contribution in [2.75, 3.05) is 23.3 Å². The van der Waals surface area contributed by atoms with Crippen molar-refractivity contribution in [1.29, 1.82) is 0 Å². The molecule has 3 aromatic carbocycles. The van der Waals surface area contributed by atoms with Crippen LogP contribution in [0.4, 0.5) is 11.4 Å². The molecule has 0 unspecified atom stereocenters. The number of halogens is 1. The smallest absolute Gasteiger partial charge is 0.253 e. The minimum atomic E-state index is -0.528. The summed E-state index contributed by atoms with van der Waals surface area (Å²) in [6, 6.07) is 22.2. The highest BCUT2D eigenvalue weighted by atomic mass is 35.5. The number of amides is 3. The Bertz CT molecular complexity index is 1210. The summed E-state index contributed by atoms with van der Waals surface area (Å²) >= 11 is 6.21. The van der Waals surface area contributed by atoms with Crippen LogP contribution in [0.1, 0.15) is 27.9 Å². The van der Waals surface area contributed by atoms with E-state index in [0.717, 1.165) is 11.1 Å². The quantitative estimate of drug-likeness (QED) is 0.523. The number of benzene rings is 3. The van der Waals surface area contributed by atoms with Crippen LogP contribution in [0.3, 0.4) is 0 Å². The van der Waals surface area contributed by atoms with E-state index in [2.05, 4.69) is 10.6 Å². The third-order valence-electron chi connectivity index (χ3n) is 6.00. The van der Waals surface area contributed by atoms with Crippen LogP contribution in [0, 0.1) is 12.8 Å². The molecule has 1 atom stereocenters. The minimum Gasteiger partial charge on any atom is -0.352 e. The zero-order valence-corrected chi connectivity index (χ0v) is 19.6. The maximum absolute atomic E-state index is 13.0. The highest BCUT2D eigenvalue weighted by Crippen LogP contribution is 2.32. The predicted molar refractivity (Wildman–Crippen MR) is 134 cm³/mol. The summed E-state index contributed by atoms with van der Waals surface area (Å²) in [7, 11) is 0. The molecule has 0 aromatic heterocycles. The van der Waals surface area contributed by atoms with Gasteiger partial charge in [-0.15, -0.1) is 0 Å². The topological polar surface area (TPSA) is 78.5 Å². The molecule has 0 saturated carbocycles. The molecule has 0 spiro atoms.